The van der Waals surface area contributed by atoms with Crippen LogP contribution in [0.3, 0.4) is 0 Å². The van der Waals surface area contributed by atoms with E-state index in [1.807, 2.05) is 13.8 Å². The fourth-order valence-corrected chi connectivity index (χ4v) is 2.30. The lowest BCUT2D eigenvalue weighted by Crippen LogP contribution is -2.47. The van der Waals surface area contributed by atoms with Gasteiger partial charge in [0.1, 0.15) is 5.69 Å². The smallest absolute Gasteiger partial charge is 0.407 e. The van der Waals surface area contributed by atoms with E-state index in [9.17, 15) is 14.4 Å². The molecule has 2 heterocycles. The van der Waals surface area contributed by atoms with Crippen LogP contribution in [0.5, 0.6) is 0 Å². The second kappa shape index (κ2) is 7.75. The van der Waals surface area contributed by atoms with Gasteiger partial charge in [-0.1, -0.05) is 13.8 Å². The minimum absolute atomic E-state index is 0.00208. The first-order valence-corrected chi connectivity index (χ1v) is 7.74. The minimum atomic E-state index is -0.411. The van der Waals surface area contributed by atoms with Crippen LogP contribution in [0.2, 0.25) is 0 Å². The Morgan fingerprint density at radius 3 is 2.65 bits per heavy atom. The minimum Gasteiger partial charge on any atom is -0.449 e. The summed E-state index contributed by atoms with van der Waals surface area (Å²) >= 11 is 0. The lowest BCUT2D eigenvalue weighted by Gasteiger charge is -2.31. The molecule has 1 saturated heterocycles. The van der Waals surface area contributed by atoms with Gasteiger partial charge in [0, 0.05) is 25.2 Å². The highest BCUT2D eigenvalue weighted by atomic mass is 16.5. The molecule has 2 N–H and O–H groups in total. The molecule has 0 unspecified atom stereocenters. The number of ether oxygens (including phenoxy) is 1. The number of piperidine rings is 1. The van der Waals surface area contributed by atoms with E-state index in [4.69, 9.17) is 4.74 Å². The van der Waals surface area contributed by atoms with Crippen LogP contribution in [0.25, 0.3) is 0 Å². The van der Waals surface area contributed by atoms with Gasteiger partial charge in [0.15, 0.2) is 0 Å². The van der Waals surface area contributed by atoms with E-state index in [2.05, 4.69) is 15.5 Å². The lowest BCUT2D eigenvalue weighted by molar-refractivity contribution is 0.0693. The third-order valence-corrected chi connectivity index (χ3v) is 3.55. The molecule has 0 aliphatic carbocycles. The summed E-state index contributed by atoms with van der Waals surface area (Å²) in [5, 5.41) is 8.81. The van der Waals surface area contributed by atoms with Gasteiger partial charge >= 0.3 is 6.09 Å². The second-order valence-corrected chi connectivity index (χ2v) is 6.01. The first-order valence-electron chi connectivity index (χ1n) is 7.74. The number of aromatic nitrogens is 2. The molecule has 1 aromatic rings. The van der Waals surface area contributed by atoms with E-state index in [1.54, 1.807) is 4.90 Å². The van der Waals surface area contributed by atoms with Crippen LogP contribution in [-0.4, -0.2) is 52.8 Å². The molecule has 0 atom stereocenters. The zero-order valence-electron chi connectivity index (χ0n) is 13.4. The van der Waals surface area contributed by atoms with E-state index >= 15 is 0 Å². The number of aromatic amines is 1. The monoisotopic (exact) mass is 322 g/mol. The van der Waals surface area contributed by atoms with Gasteiger partial charge < -0.3 is 15.0 Å². The Morgan fingerprint density at radius 1 is 1.39 bits per heavy atom. The number of nitrogens with zero attached hydrogens (tertiary/aromatic N) is 2. The zero-order valence-corrected chi connectivity index (χ0v) is 13.4. The van der Waals surface area contributed by atoms with Crippen LogP contribution in [0.1, 0.15) is 37.2 Å². The number of alkyl carbamates (subject to hydrolysis) is 1. The Morgan fingerprint density at radius 2 is 2.09 bits per heavy atom. The number of H-pyrrole nitrogens is 1. The van der Waals surface area contributed by atoms with Gasteiger partial charge in [0.25, 0.3) is 11.5 Å². The topological polar surface area (TPSA) is 104 Å². The number of nitrogens with one attached hydrogen (secondary N) is 2. The summed E-state index contributed by atoms with van der Waals surface area (Å²) < 4.78 is 5.09. The summed E-state index contributed by atoms with van der Waals surface area (Å²) in [6.07, 6.45) is 0.906. The van der Waals surface area contributed by atoms with Gasteiger partial charge in [-0.3, -0.25) is 9.59 Å². The SMILES string of the molecule is CC(C)COC(=O)NC1CCN(C(=O)c2ccc(=O)[nH]n2)CC1. The number of carbonyl (C=O) groups excluding carboxylic acids is 2. The van der Waals surface area contributed by atoms with Crippen molar-refractivity contribution in [3.63, 3.8) is 0 Å². The Labute approximate surface area is 134 Å². The van der Waals surface area contributed by atoms with E-state index in [0.29, 0.717) is 38.5 Å². The molecule has 0 aromatic carbocycles. The Hall–Kier alpha value is -2.38. The van der Waals surface area contributed by atoms with Crippen LogP contribution < -0.4 is 10.9 Å². The number of rotatable bonds is 4. The largest absolute Gasteiger partial charge is 0.449 e. The molecule has 8 nitrogen and oxygen atoms in total. The Balaban J connectivity index is 1.79. The third kappa shape index (κ3) is 5.08. The molecular formula is C15H22N4O4. The second-order valence-electron chi connectivity index (χ2n) is 6.01. The van der Waals surface area contributed by atoms with Crippen LogP contribution in [-0.2, 0) is 4.74 Å². The highest BCUT2D eigenvalue weighted by Crippen LogP contribution is 2.13. The van der Waals surface area contributed by atoms with Crippen molar-refractivity contribution in [3.8, 4) is 0 Å². The van der Waals surface area contributed by atoms with Gasteiger partial charge in [0.05, 0.1) is 6.61 Å². The quantitative estimate of drug-likeness (QED) is 0.851. The van der Waals surface area contributed by atoms with Crippen LogP contribution in [0, 0.1) is 5.92 Å². The molecule has 1 aliphatic heterocycles. The van der Waals surface area contributed by atoms with Crippen molar-refractivity contribution >= 4 is 12.0 Å². The fourth-order valence-electron chi connectivity index (χ4n) is 2.30. The molecule has 23 heavy (non-hydrogen) atoms. The van der Waals surface area contributed by atoms with Crippen molar-refractivity contribution < 1.29 is 14.3 Å². The fraction of sp³-hybridized carbons (Fsp3) is 0.600. The van der Waals surface area contributed by atoms with Crippen molar-refractivity contribution in [2.24, 2.45) is 5.92 Å². The van der Waals surface area contributed by atoms with Gasteiger partial charge in [-0.15, -0.1) is 0 Å². The summed E-state index contributed by atoms with van der Waals surface area (Å²) in [6.45, 7) is 5.38. The highest BCUT2D eigenvalue weighted by Gasteiger charge is 2.25. The van der Waals surface area contributed by atoms with Crippen molar-refractivity contribution in [1.82, 2.24) is 20.4 Å². The van der Waals surface area contributed by atoms with E-state index < -0.39 is 6.09 Å². The molecule has 1 fully saturated rings. The third-order valence-electron chi connectivity index (χ3n) is 3.55. The standard InChI is InChI=1S/C15H22N4O4/c1-10(2)9-23-15(22)16-11-5-7-19(8-6-11)14(21)12-3-4-13(20)18-17-12/h3-4,10-11H,5-9H2,1-2H3,(H,16,22)(H,18,20). The van der Waals surface area contributed by atoms with Crippen molar-refractivity contribution in [3.05, 3.63) is 28.2 Å². The Kier molecular flexibility index (Phi) is 5.72. The van der Waals surface area contributed by atoms with Gasteiger partial charge in [-0.2, -0.15) is 5.10 Å². The maximum absolute atomic E-state index is 12.2. The molecule has 0 bridgehead atoms. The maximum atomic E-state index is 12.2. The summed E-state index contributed by atoms with van der Waals surface area (Å²) in [5.74, 6) is 0.0760. The number of likely N-dealkylation sites (tertiary alicyclic amines) is 1. The van der Waals surface area contributed by atoms with Crippen LogP contribution >= 0.6 is 0 Å². The first kappa shape index (κ1) is 17.0. The maximum Gasteiger partial charge on any atom is 0.407 e. The van der Waals surface area contributed by atoms with Crippen LogP contribution in [0.4, 0.5) is 4.79 Å². The molecular weight excluding hydrogens is 300 g/mol. The van der Waals surface area contributed by atoms with Gasteiger partial charge in [-0.05, 0) is 24.8 Å². The molecule has 1 aliphatic rings. The molecule has 1 aromatic heterocycles. The first-order chi connectivity index (χ1) is 11.0. The van der Waals surface area contributed by atoms with Crippen molar-refractivity contribution in [2.75, 3.05) is 19.7 Å². The summed E-state index contributed by atoms with van der Waals surface area (Å²) in [7, 11) is 0. The average molecular weight is 322 g/mol. The van der Waals surface area contributed by atoms with E-state index in [1.165, 1.54) is 12.1 Å². The summed E-state index contributed by atoms with van der Waals surface area (Å²) in [4.78, 5) is 36.5. The molecule has 2 amide bonds. The molecule has 0 saturated carbocycles. The number of hydrogen-bond donors (Lipinski definition) is 2. The Bertz CT molecular complexity index is 585. The molecule has 2 rings (SSSR count). The van der Waals surface area contributed by atoms with Crippen molar-refractivity contribution in [1.29, 1.82) is 0 Å². The predicted octanol–water partition coefficient (Wildman–Crippen LogP) is 0.757. The van der Waals surface area contributed by atoms with E-state index in [-0.39, 0.29) is 23.2 Å². The number of hydrogen-bond acceptors (Lipinski definition) is 5. The lowest BCUT2D eigenvalue weighted by atomic mass is 10.0. The summed E-state index contributed by atoms with van der Waals surface area (Å²) in [6, 6.07) is 2.69. The summed E-state index contributed by atoms with van der Waals surface area (Å²) in [5.41, 5.74) is -0.128. The molecule has 0 spiro atoms. The van der Waals surface area contributed by atoms with E-state index in [0.717, 1.165) is 0 Å². The molecule has 0 radical (unpaired) electrons. The molecule has 8 heteroatoms. The molecule has 126 valence electrons. The van der Waals surface area contributed by atoms with Crippen LogP contribution in [0.15, 0.2) is 16.9 Å². The predicted molar refractivity (Wildman–Crippen MR) is 83.1 cm³/mol. The number of amides is 2. The van der Waals surface area contributed by atoms with Gasteiger partial charge in [0.2, 0.25) is 0 Å². The normalized spacial score (nSPS) is 15.5. The van der Waals surface area contributed by atoms with Crippen molar-refractivity contribution in [2.45, 2.75) is 32.7 Å². The van der Waals surface area contributed by atoms with Gasteiger partial charge in [-0.25, -0.2) is 9.89 Å². The highest BCUT2D eigenvalue weighted by molar-refractivity contribution is 5.92. The zero-order chi connectivity index (χ0) is 16.8. The average Bonchev–Trinajstić information content (AvgIpc) is 2.54. The number of carbonyl (C=O) groups is 2.